The number of nitrogens with zero attached hydrogens (tertiary/aromatic N) is 5. The van der Waals surface area contributed by atoms with Crippen molar-refractivity contribution in [2.75, 3.05) is 56.3 Å². The maximum Gasteiger partial charge on any atom is 0.228 e. The summed E-state index contributed by atoms with van der Waals surface area (Å²) >= 11 is 0. The molecule has 0 radical (unpaired) electrons. The Hall–Kier alpha value is -3.59. The van der Waals surface area contributed by atoms with Gasteiger partial charge in [0, 0.05) is 32.7 Å². The minimum absolute atomic E-state index is 0.222. The fraction of sp³-hybridized carbons (Fsp3) is 0.348. The molecule has 9 heteroatoms. The monoisotopic (exact) mass is 435 g/mol. The molecular weight excluding hydrogens is 406 g/mol. The number of methoxy groups -OCH3 is 2. The number of aromatic nitrogens is 3. The molecule has 0 atom stereocenters. The number of nitrogens with one attached hydrogen (secondary N) is 1. The summed E-state index contributed by atoms with van der Waals surface area (Å²) in [5, 5.41) is 3.23. The third kappa shape index (κ3) is 5.36. The van der Waals surface area contributed by atoms with Crippen LogP contribution < -0.4 is 25.4 Å². The molecule has 1 aromatic heterocycles. The molecule has 168 valence electrons. The second-order valence-corrected chi connectivity index (χ2v) is 7.57. The number of hydrogen-bond acceptors (Lipinski definition) is 9. The first-order valence-corrected chi connectivity index (χ1v) is 10.6. The Bertz CT molecular complexity index is 1020. The molecule has 0 aliphatic carbocycles. The summed E-state index contributed by atoms with van der Waals surface area (Å²) in [5.41, 5.74) is 8.17. The van der Waals surface area contributed by atoms with Gasteiger partial charge in [0.15, 0.2) is 0 Å². The highest BCUT2D eigenvalue weighted by atomic mass is 16.5. The highest BCUT2D eigenvalue weighted by Gasteiger charge is 2.20. The molecule has 3 aromatic rings. The van der Waals surface area contributed by atoms with E-state index in [1.165, 1.54) is 0 Å². The predicted octanol–water partition coefficient (Wildman–Crippen LogP) is 2.41. The van der Waals surface area contributed by atoms with Crippen molar-refractivity contribution >= 4 is 17.6 Å². The van der Waals surface area contributed by atoms with Gasteiger partial charge >= 0.3 is 0 Å². The maximum absolute atomic E-state index is 5.94. The van der Waals surface area contributed by atoms with Crippen molar-refractivity contribution in [3.8, 4) is 11.5 Å². The lowest BCUT2D eigenvalue weighted by molar-refractivity contribution is 0.243. The van der Waals surface area contributed by atoms with E-state index in [-0.39, 0.29) is 5.95 Å². The molecule has 2 aromatic carbocycles. The van der Waals surface area contributed by atoms with Crippen LogP contribution in [0.5, 0.6) is 11.5 Å². The van der Waals surface area contributed by atoms with Gasteiger partial charge in [0.05, 0.1) is 26.5 Å². The van der Waals surface area contributed by atoms with E-state index in [9.17, 15) is 0 Å². The van der Waals surface area contributed by atoms with Gasteiger partial charge in [-0.3, -0.25) is 4.90 Å². The number of hydrogen-bond donors (Lipinski definition) is 2. The summed E-state index contributed by atoms with van der Waals surface area (Å²) < 4.78 is 10.7. The third-order valence-electron chi connectivity index (χ3n) is 5.47. The highest BCUT2D eigenvalue weighted by molar-refractivity contribution is 5.58. The van der Waals surface area contributed by atoms with Gasteiger partial charge < -0.3 is 25.4 Å². The molecule has 0 bridgehead atoms. The summed E-state index contributed by atoms with van der Waals surface area (Å²) in [5.74, 6) is 3.10. The summed E-state index contributed by atoms with van der Waals surface area (Å²) in [7, 11) is 3.36. The Kier molecular flexibility index (Phi) is 6.86. The Labute approximate surface area is 188 Å². The first-order valence-electron chi connectivity index (χ1n) is 10.6. The number of rotatable bonds is 8. The fourth-order valence-electron chi connectivity index (χ4n) is 3.75. The van der Waals surface area contributed by atoms with Crippen LogP contribution in [0.15, 0.2) is 48.5 Å². The number of para-hydroxylation sites is 2. The van der Waals surface area contributed by atoms with E-state index in [1.54, 1.807) is 14.2 Å². The molecule has 1 aliphatic rings. The zero-order valence-electron chi connectivity index (χ0n) is 18.5. The van der Waals surface area contributed by atoms with E-state index in [2.05, 4.69) is 36.1 Å². The molecule has 32 heavy (non-hydrogen) atoms. The van der Waals surface area contributed by atoms with E-state index in [1.807, 2.05) is 42.5 Å². The zero-order valence-corrected chi connectivity index (χ0v) is 18.5. The number of piperazine rings is 1. The first-order chi connectivity index (χ1) is 15.6. The summed E-state index contributed by atoms with van der Waals surface area (Å²) in [4.78, 5) is 17.8. The number of nitrogens with two attached hydrogens (primary N) is 1. The molecule has 4 rings (SSSR count). The average molecular weight is 436 g/mol. The van der Waals surface area contributed by atoms with Crippen LogP contribution in [0.2, 0.25) is 0 Å². The topological polar surface area (TPSA) is 102 Å². The van der Waals surface area contributed by atoms with Crippen molar-refractivity contribution < 1.29 is 9.47 Å². The lowest BCUT2D eigenvalue weighted by Gasteiger charge is -2.36. The van der Waals surface area contributed by atoms with Crippen LogP contribution >= 0.6 is 0 Å². The summed E-state index contributed by atoms with van der Waals surface area (Å²) in [6.45, 7) is 4.83. The SMILES string of the molecule is COc1ccc(CNc2nc(N)nc(CN3CCN(c4ccccc4OC)CC3)n2)cc1. The van der Waals surface area contributed by atoms with Crippen LogP contribution in [-0.4, -0.2) is 60.3 Å². The lowest BCUT2D eigenvalue weighted by Crippen LogP contribution is -2.46. The third-order valence-corrected chi connectivity index (χ3v) is 5.47. The molecule has 9 nitrogen and oxygen atoms in total. The molecular formula is C23H29N7O2. The van der Waals surface area contributed by atoms with Gasteiger partial charge in [-0.25, -0.2) is 0 Å². The average Bonchev–Trinajstić information content (AvgIpc) is 2.83. The van der Waals surface area contributed by atoms with Crippen molar-refractivity contribution in [1.29, 1.82) is 0 Å². The number of ether oxygens (including phenoxy) is 2. The molecule has 0 unspecified atom stereocenters. The van der Waals surface area contributed by atoms with Crippen molar-refractivity contribution in [3.63, 3.8) is 0 Å². The Balaban J connectivity index is 1.34. The molecule has 0 saturated carbocycles. The lowest BCUT2D eigenvalue weighted by atomic mass is 10.2. The van der Waals surface area contributed by atoms with E-state index in [4.69, 9.17) is 15.2 Å². The minimum Gasteiger partial charge on any atom is -0.497 e. The van der Waals surface area contributed by atoms with Crippen LogP contribution in [-0.2, 0) is 13.1 Å². The standard InChI is InChI=1S/C23H29N7O2/c1-31-18-9-7-17(8-10-18)15-25-23-27-21(26-22(24)28-23)16-29-11-13-30(14-12-29)19-5-3-4-6-20(19)32-2/h3-10H,11-16H2,1-2H3,(H3,24,25,26,27,28). The van der Waals surface area contributed by atoms with E-state index >= 15 is 0 Å². The first kappa shape index (κ1) is 21.6. The van der Waals surface area contributed by atoms with Crippen molar-refractivity contribution in [2.24, 2.45) is 0 Å². The predicted molar refractivity (Wildman–Crippen MR) is 125 cm³/mol. The fourth-order valence-corrected chi connectivity index (χ4v) is 3.75. The van der Waals surface area contributed by atoms with Crippen molar-refractivity contribution in [1.82, 2.24) is 19.9 Å². The number of benzene rings is 2. The van der Waals surface area contributed by atoms with Gasteiger partial charge in [-0.15, -0.1) is 0 Å². The van der Waals surface area contributed by atoms with Crippen molar-refractivity contribution in [3.05, 3.63) is 59.9 Å². The largest absolute Gasteiger partial charge is 0.497 e. The Morgan fingerprint density at radius 1 is 0.906 bits per heavy atom. The molecule has 1 saturated heterocycles. The van der Waals surface area contributed by atoms with E-state index in [0.29, 0.717) is 24.9 Å². The second kappa shape index (κ2) is 10.1. The highest BCUT2D eigenvalue weighted by Crippen LogP contribution is 2.28. The molecule has 0 amide bonds. The smallest absolute Gasteiger partial charge is 0.228 e. The number of nitrogen functional groups attached to an aromatic ring is 1. The van der Waals surface area contributed by atoms with Gasteiger partial charge in [0.1, 0.15) is 17.3 Å². The molecule has 0 spiro atoms. The van der Waals surface area contributed by atoms with E-state index < -0.39 is 0 Å². The molecule has 3 N–H and O–H groups in total. The van der Waals surface area contributed by atoms with Gasteiger partial charge in [0.2, 0.25) is 11.9 Å². The van der Waals surface area contributed by atoms with Gasteiger partial charge in [-0.2, -0.15) is 15.0 Å². The van der Waals surface area contributed by atoms with E-state index in [0.717, 1.165) is 48.9 Å². The quantitative estimate of drug-likeness (QED) is 0.552. The minimum atomic E-state index is 0.222. The van der Waals surface area contributed by atoms with Gasteiger partial charge in [0.25, 0.3) is 0 Å². The van der Waals surface area contributed by atoms with Gasteiger partial charge in [-0.1, -0.05) is 24.3 Å². The Morgan fingerprint density at radius 2 is 1.66 bits per heavy atom. The van der Waals surface area contributed by atoms with Crippen LogP contribution in [0.25, 0.3) is 0 Å². The number of anilines is 3. The van der Waals surface area contributed by atoms with Crippen LogP contribution in [0, 0.1) is 0 Å². The maximum atomic E-state index is 5.94. The summed E-state index contributed by atoms with van der Waals surface area (Å²) in [6, 6.07) is 16.0. The normalized spacial score (nSPS) is 14.2. The zero-order chi connectivity index (χ0) is 22.3. The van der Waals surface area contributed by atoms with Crippen LogP contribution in [0.3, 0.4) is 0 Å². The van der Waals surface area contributed by atoms with Crippen molar-refractivity contribution in [2.45, 2.75) is 13.1 Å². The van der Waals surface area contributed by atoms with Crippen LogP contribution in [0.1, 0.15) is 11.4 Å². The van der Waals surface area contributed by atoms with Crippen LogP contribution in [0.4, 0.5) is 17.6 Å². The Morgan fingerprint density at radius 3 is 2.38 bits per heavy atom. The second-order valence-electron chi connectivity index (χ2n) is 7.57. The molecule has 1 fully saturated rings. The molecule has 2 heterocycles. The van der Waals surface area contributed by atoms with Gasteiger partial charge in [-0.05, 0) is 29.8 Å². The molecule has 1 aliphatic heterocycles. The summed E-state index contributed by atoms with van der Waals surface area (Å²) in [6.07, 6.45) is 0.